The quantitative estimate of drug-likeness (QED) is 0.659. The lowest BCUT2D eigenvalue weighted by molar-refractivity contribution is -0.135. The summed E-state index contributed by atoms with van der Waals surface area (Å²) in [5.41, 5.74) is 0.0997. The molecule has 2 atom stereocenters. The van der Waals surface area contributed by atoms with Gasteiger partial charge in [0.1, 0.15) is 17.6 Å². The standard InChI is InChI=1S/C12H12F2N2O3/c13-7-2-1-6(8(14)3-7)4-15-11(18)10-9(17)5-16-12(10)19/h1-3,9-10,17H,4-5H2,(H,15,18)(H,16,19). The molecule has 1 aromatic carbocycles. The zero-order chi connectivity index (χ0) is 14.0. The highest BCUT2D eigenvalue weighted by Gasteiger charge is 2.38. The normalized spacial score (nSPS) is 22.2. The van der Waals surface area contributed by atoms with Gasteiger partial charge in [0.2, 0.25) is 11.8 Å². The van der Waals surface area contributed by atoms with Crippen molar-refractivity contribution in [2.75, 3.05) is 6.54 Å². The second-order valence-electron chi connectivity index (χ2n) is 4.24. The Balaban J connectivity index is 1.98. The second-order valence-corrected chi connectivity index (χ2v) is 4.24. The van der Waals surface area contributed by atoms with Crippen LogP contribution in [0.2, 0.25) is 0 Å². The fourth-order valence-electron chi connectivity index (χ4n) is 1.86. The number of rotatable bonds is 3. The summed E-state index contributed by atoms with van der Waals surface area (Å²) in [4.78, 5) is 23.0. The smallest absolute Gasteiger partial charge is 0.235 e. The van der Waals surface area contributed by atoms with Crippen LogP contribution >= 0.6 is 0 Å². The van der Waals surface area contributed by atoms with E-state index in [1.807, 2.05) is 0 Å². The molecule has 7 heteroatoms. The summed E-state index contributed by atoms with van der Waals surface area (Å²) >= 11 is 0. The van der Waals surface area contributed by atoms with E-state index in [1.165, 1.54) is 6.07 Å². The monoisotopic (exact) mass is 270 g/mol. The van der Waals surface area contributed by atoms with Gasteiger partial charge >= 0.3 is 0 Å². The molecule has 1 fully saturated rings. The number of carbonyl (C=O) groups excluding carboxylic acids is 2. The molecule has 0 saturated carbocycles. The summed E-state index contributed by atoms with van der Waals surface area (Å²) in [6.07, 6.45) is -1.09. The molecule has 5 nitrogen and oxygen atoms in total. The van der Waals surface area contributed by atoms with Crippen LogP contribution in [0.25, 0.3) is 0 Å². The summed E-state index contributed by atoms with van der Waals surface area (Å²) in [5, 5.41) is 14.1. The first-order chi connectivity index (χ1) is 8.99. The van der Waals surface area contributed by atoms with Crippen LogP contribution in [0, 0.1) is 17.6 Å². The molecule has 2 unspecified atom stereocenters. The molecule has 0 spiro atoms. The number of amides is 2. The lowest BCUT2D eigenvalue weighted by Gasteiger charge is -2.12. The van der Waals surface area contributed by atoms with E-state index in [9.17, 15) is 23.5 Å². The van der Waals surface area contributed by atoms with E-state index in [0.717, 1.165) is 6.07 Å². The van der Waals surface area contributed by atoms with Crippen molar-refractivity contribution < 1.29 is 23.5 Å². The van der Waals surface area contributed by atoms with Crippen molar-refractivity contribution in [2.45, 2.75) is 12.6 Å². The number of hydrogen-bond donors (Lipinski definition) is 3. The molecule has 19 heavy (non-hydrogen) atoms. The summed E-state index contributed by atoms with van der Waals surface area (Å²) in [7, 11) is 0. The molecule has 2 amide bonds. The van der Waals surface area contributed by atoms with Gasteiger partial charge in [-0.15, -0.1) is 0 Å². The molecule has 1 heterocycles. The fraction of sp³-hybridized carbons (Fsp3) is 0.333. The third kappa shape index (κ3) is 2.87. The number of benzene rings is 1. The highest BCUT2D eigenvalue weighted by atomic mass is 19.1. The molecule has 102 valence electrons. The van der Waals surface area contributed by atoms with Crippen LogP contribution < -0.4 is 10.6 Å². The van der Waals surface area contributed by atoms with Crippen LogP contribution in [0.1, 0.15) is 5.56 Å². The Morgan fingerprint density at radius 3 is 2.79 bits per heavy atom. The number of halogens is 2. The maximum Gasteiger partial charge on any atom is 0.235 e. The van der Waals surface area contributed by atoms with Crippen LogP contribution in [0.15, 0.2) is 18.2 Å². The molecule has 0 aliphatic carbocycles. The highest BCUT2D eigenvalue weighted by Crippen LogP contribution is 2.12. The lowest BCUT2D eigenvalue weighted by atomic mass is 10.0. The number of nitrogens with one attached hydrogen (secondary N) is 2. The van der Waals surface area contributed by atoms with Gasteiger partial charge < -0.3 is 15.7 Å². The predicted octanol–water partition coefficient (Wildman–Crippen LogP) is -0.312. The maximum atomic E-state index is 13.3. The summed E-state index contributed by atoms with van der Waals surface area (Å²) in [6, 6.07) is 2.98. The second kappa shape index (κ2) is 5.31. The molecule has 1 aliphatic rings. The average Bonchev–Trinajstić information content (AvgIpc) is 2.68. The van der Waals surface area contributed by atoms with Crippen LogP contribution in [0.4, 0.5) is 8.78 Å². The zero-order valence-electron chi connectivity index (χ0n) is 9.82. The Morgan fingerprint density at radius 1 is 1.47 bits per heavy atom. The third-order valence-electron chi connectivity index (χ3n) is 2.90. The first-order valence-corrected chi connectivity index (χ1v) is 5.66. The number of carbonyl (C=O) groups is 2. The predicted molar refractivity (Wildman–Crippen MR) is 60.7 cm³/mol. The fourth-order valence-corrected chi connectivity index (χ4v) is 1.86. The first kappa shape index (κ1) is 13.4. The van der Waals surface area contributed by atoms with Gasteiger partial charge in [-0.1, -0.05) is 6.07 Å². The van der Waals surface area contributed by atoms with E-state index >= 15 is 0 Å². The van der Waals surface area contributed by atoms with E-state index in [4.69, 9.17) is 0 Å². The molecular formula is C12H12F2N2O3. The Kier molecular flexibility index (Phi) is 3.75. The average molecular weight is 270 g/mol. The Labute approximate surface area is 107 Å². The summed E-state index contributed by atoms with van der Waals surface area (Å²) in [5.74, 6) is -3.94. The van der Waals surface area contributed by atoms with Gasteiger partial charge in [-0.25, -0.2) is 8.78 Å². The largest absolute Gasteiger partial charge is 0.390 e. The van der Waals surface area contributed by atoms with Gasteiger partial charge in [0, 0.05) is 24.7 Å². The van der Waals surface area contributed by atoms with Crippen molar-refractivity contribution >= 4 is 11.8 Å². The molecule has 0 aromatic heterocycles. The molecule has 3 N–H and O–H groups in total. The number of aliphatic hydroxyl groups is 1. The van der Waals surface area contributed by atoms with Crippen molar-refractivity contribution in [3.63, 3.8) is 0 Å². The maximum absolute atomic E-state index is 13.3. The highest BCUT2D eigenvalue weighted by molar-refractivity contribution is 6.02. The van der Waals surface area contributed by atoms with Crippen LogP contribution in [0.3, 0.4) is 0 Å². The van der Waals surface area contributed by atoms with E-state index in [1.54, 1.807) is 0 Å². The summed E-state index contributed by atoms with van der Waals surface area (Å²) in [6.45, 7) is -0.163. The van der Waals surface area contributed by atoms with Gasteiger partial charge in [-0.3, -0.25) is 9.59 Å². The van der Waals surface area contributed by atoms with Crippen LogP contribution in [0.5, 0.6) is 0 Å². The summed E-state index contributed by atoms with van der Waals surface area (Å²) < 4.78 is 26.0. The Hall–Kier alpha value is -2.02. The van der Waals surface area contributed by atoms with E-state index in [2.05, 4.69) is 10.6 Å². The van der Waals surface area contributed by atoms with Crippen LogP contribution in [-0.4, -0.2) is 29.6 Å². The molecule has 1 aromatic rings. The van der Waals surface area contributed by atoms with Gasteiger partial charge in [-0.2, -0.15) is 0 Å². The van der Waals surface area contributed by atoms with E-state index < -0.39 is 35.5 Å². The molecule has 1 aliphatic heterocycles. The minimum atomic E-state index is -1.19. The van der Waals surface area contributed by atoms with Crippen molar-refractivity contribution in [3.05, 3.63) is 35.4 Å². The third-order valence-corrected chi connectivity index (χ3v) is 2.90. The molecule has 1 saturated heterocycles. The first-order valence-electron chi connectivity index (χ1n) is 5.66. The van der Waals surface area contributed by atoms with Gasteiger partial charge in [0.05, 0.1) is 6.10 Å². The topological polar surface area (TPSA) is 78.4 Å². The number of hydrogen-bond acceptors (Lipinski definition) is 3. The van der Waals surface area contributed by atoms with Crippen molar-refractivity contribution in [1.29, 1.82) is 0 Å². The number of β-amino-alcohol motifs (C(OH)–C–C–N with tert-alkyl or cyclic N) is 1. The van der Waals surface area contributed by atoms with Crippen molar-refractivity contribution in [2.24, 2.45) is 5.92 Å². The number of aliphatic hydroxyl groups excluding tert-OH is 1. The molecule has 0 radical (unpaired) electrons. The van der Waals surface area contributed by atoms with Crippen LogP contribution in [-0.2, 0) is 16.1 Å². The van der Waals surface area contributed by atoms with Crippen molar-refractivity contribution in [3.8, 4) is 0 Å². The van der Waals surface area contributed by atoms with Crippen molar-refractivity contribution in [1.82, 2.24) is 10.6 Å². The van der Waals surface area contributed by atoms with E-state index in [-0.39, 0.29) is 18.7 Å². The van der Waals surface area contributed by atoms with Gasteiger partial charge in [0.15, 0.2) is 0 Å². The lowest BCUT2D eigenvalue weighted by Crippen LogP contribution is -2.39. The minimum absolute atomic E-state index is 0.0157. The SMILES string of the molecule is O=C(NCc1ccc(F)cc1F)C1C(=O)NCC1O. The Morgan fingerprint density at radius 2 is 2.21 bits per heavy atom. The molecule has 2 rings (SSSR count). The molecule has 0 bridgehead atoms. The zero-order valence-corrected chi connectivity index (χ0v) is 9.82. The minimum Gasteiger partial charge on any atom is -0.390 e. The van der Waals surface area contributed by atoms with Gasteiger partial charge in [-0.05, 0) is 6.07 Å². The van der Waals surface area contributed by atoms with E-state index in [0.29, 0.717) is 6.07 Å². The molecular weight excluding hydrogens is 258 g/mol. The van der Waals surface area contributed by atoms with Gasteiger partial charge in [0.25, 0.3) is 0 Å². The Bertz CT molecular complexity index is 522.